The zero-order valence-corrected chi connectivity index (χ0v) is 15.7. The van der Waals surface area contributed by atoms with Gasteiger partial charge in [-0.05, 0) is 54.5 Å². The monoisotopic (exact) mass is 365 g/mol. The van der Waals surface area contributed by atoms with Crippen LogP contribution in [0.4, 0.5) is 10.1 Å². The van der Waals surface area contributed by atoms with Gasteiger partial charge in [0.25, 0.3) is 0 Å². The van der Waals surface area contributed by atoms with Gasteiger partial charge < -0.3 is 10.1 Å². The molecule has 0 saturated heterocycles. The molecule has 2 aromatic carbocycles. The number of carbonyl (C=O) groups excluding carboxylic acids is 1. The van der Waals surface area contributed by atoms with Crippen LogP contribution in [0, 0.1) is 11.7 Å². The second-order valence-corrected chi connectivity index (χ2v) is 7.32. The Morgan fingerprint density at radius 3 is 2.81 bits per heavy atom. The molecule has 0 amide bonds. The van der Waals surface area contributed by atoms with E-state index in [1.807, 2.05) is 0 Å². The Kier molecular flexibility index (Phi) is 4.73. The topological polar surface area (TPSA) is 38.3 Å². The lowest BCUT2D eigenvalue weighted by atomic mass is 9.70. The van der Waals surface area contributed by atoms with Crippen molar-refractivity contribution in [2.24, 2.45) is 5.92 Å². The normalized spacial score (nSPS) is 23.1. The van der Waals surface area contributed by atoms with Gasteiger partial charge in [0.15, 0.2) is 0 Å². The number of benzene rings is 2. The number of carbonyl (C=O) groups is 1. The number of fused-ring (bicyclic) bond motifs is 3. The molecule has 140 valence electrons. The van der Waals surface area contributed by atoms with Gasteiger partial charge in [0.1, 0.15) is 5.82 Å². The van der Waals surface area contributed by atoms with Crippen molar-refractivity contribution in [2.75, 3.05) is 12.4 Å². The summed E-state index contributed by atoms with van der Waals surface area (Å²) in [7, 11) is 1.30. The largest absolute Gasteiger partial charge is 0.465 e. The molecule has 4 rings (SSSR count). The Morgan fingerprint density at radius 2 is 2.07 bits per heavy atom. The molecule has 3 nitrogen and oxygen atoms in total. The van der Waals surface area contributed by atoms with E-state index in [1.165, 1.54) is 24.3 Å². The second kappa shape index (κ2) is 7.18. The fourth-order valence-electron chi connectivity index (χ4n) is 4.41. The van der Waals surface area contributed by atoms with Crippen molar-refractivity contribution < 1.29 is 13.9 Å². The van der Waals surface area contributed by atoms with Crippen molar-refractivity contribution in [1.29, 1.82) is 0 Å². The van der Waals surface area contributed by atoms with Gasteiger partial charge in [-0.1, -0.05) is 37.3 Å². The standard InChI is InChI=1S/C23H24FNO2/c1-3-14-8-11-21-19(12-14)16-6-4-5-7-17(16)22(25-21)18-10-9-15(13-20(18)24)23(26)27-2/h4,6,8-13,16-17,22,25H,3,5,7H2,1-2H3/t16-,17+,22-/m1/s1. The summed E-state index contributed by atoms with van der Waals surface area (Å²) in [6.45, 7) is 2.16. The zero-order chi connectivity index (χ0) is 19.0. The van der Waals surface area contributed by atoms with Gasteiger partial charge >= 0.3 is 5.97 Å². The van der Waals surface area contributed by atoms with Gasteiger partial charge in [-0.2, -0.15) is 0 Å². The molecule has 27 heavy (non-hydrogen) atoms. The summed E-state index contributed by atoms with van der Waals surface area (Å²) in [5.41, 5.74) is 4.54. The third-order valence-corrected chi connectivity index (χ3v) is 5.85. The molecular weight excluding hydrogens is 341 g/mol. The molecule has 0 unspecified atom stereocenters. The van der Waals surface area contributed by atoms with E-state index in [0.29, 0.717) is 5.56 Å². The number of halogens is 1. The first kappa shape index (κ1) is 17.8. The van der Waals surface area contributed by atoms with Crippen LogP contribution in [0.1, 0.15) is 58.8 Å². The van der Waals surface area contributed by atoms with Crippen molar-refractivity contribution in [3.05, 3.63) is 76.6 Å². The highest BCUT2D eigenvalue weighted by molar-refractivity contribution is 5.89. The summed E-state index contributed by atoms with van der Waals surface area (Å²) in [5.74, 6) is -0.315. The van der Waals surface area contributed by atoms with E-state index in [-0.39, 0.29) is 29.3 Å². The number of hydrogen-bond acceptors (Lipinski definition) is 3. The van der Waals surface area contributed by atoms with E-state index in [2.05, 4.69) is 42.6 Å². The fraction of sp³-hybridized carbons (Fsp3) is 0.348. The lowest BCUT2D eigenvalue weighted by molar-refractivity contribution is 0.0600. The Morgan fingerprint density at radius 1 is 1.22 bits per heavy atom. The van der Waals surface area contributed by atoms with Crippen molar-refractivity contribution in [2.45, 2.75) is 38.1 Å². The molecule has 0 saturated carbocycles. The summed E-state index contributed by atoms with van der Waals surface area (Å²) < 4.78 is 19.6. The van der Waals surface area contributed by atoms with Gasteiger partial charge in [-0.15, -0.1) is 0 Å². The smallest absolute Gasteiger partial charge is 0.337 e. The van der Waals surface area contributed by atoms with E-state index in [9.17, 15) is 9.18 Å². The van der Waals surface area contributed by atoms with Crippen LogP contribution in [0.15, 0.2) is 48.6 Å². The van der Waals surface area contributed by atoms with Crippen LogP contribution in [-0.2, 0) is 11.2 Å². The van der Waals surface area contributed by atoms with E-state index in [4.69, 9.17) is 4.74 Å². The van der Waals surface area contributed by atoms with Gasteiger partial charge in [-0.3, -0.25) is 0 Å². The van der Waals surface area contributed by atoms with Crippen LogP contribution in [0.3, 0.4) is 0 Å². The number of ether oxygens (including phenoxy) is 1. The SMILES string of the molecule is CCc1ccc2c(c1)[C@@H]1C=CCC[C@@H]1[C@H](c1ccc(C(=O)OC)cc1F)N2. The summed E-state index contributed by atoms with van der Waals surface area (Å²) in [6.07, 6.45) is 7.53. The number of methoxy groups -OCH3 is 1. The first-order valence-electron chi connectivity index (χ1n) is 9.56. The fourth-order valence-corrected chi connectivity index (χ4v) is 4.41. The summed E-state index contributed by atoms with van der Waals surface area (Å²) in [4.78, 5) is 11.7. The van der Waals surface area contributed by atoms with E-state index >= 15 is 0 Å². The quantitative estimate of drug-likeness (QED) is 0.585. The predicted octanol–water partition coefficient (Wildman–Crippen LogP) is 5.39. The third-order valence-electron chi connectivity index (χ3n) is 5.85. The first-order valence-corrected chi connectivity index (χ1v) is 9.56. The lowest BCUT2D eigenvalue weighted by Crippen LogP contribution is -2.33. The molecule has 0 fully saturated rings. The van der Waals surface area contributed by atoms with Gasteiger partial charge in [-0.25, -0.2) is 9.18 Å². The van der Waals surface area contributed by atoms with Crippen LogP contribution in [-0.4, -0.2) is 13.1 Å². The number of aryl methyl sites for hydroxylation is 1. The summed E-state index contributed by atoms with van der Waals surface area (Å²) in [5, 5.41) is 3.58. The maximum absolute atomic E-state index is 14.9. The van der Waals surface area contributed by atoms with Crippen LogP contribution in [0.25, 0.3) is 0 Å². The molecule has 1 aliphatic carbocycles. The molecule has 1 heterocycles. The van der Waals surface area contributed by atoms with Crippen LogP contribution in [0.5, 0.6) is 0 Å². The molecular formula is C23H24FNO2. The molecule has 2 aliphatic rings. The Labute approximate surface area is 159 Å². The first-order chi connectivity index (χ1) is 13.1. The molecule has 0 aromatic heterocycles. The third kappa shape index (κ3) is 3.14. The minimum absolute atomic E-state index is 0.119. The van der Waals surface area contributed by atoms with E-state index in [0.717, 1.165) is 24.9 Å². The molecule has 0 bridgehead atoms. The van der Waals surface area contributed by atoms with Crippen molar-refractivity contribution in [3.63, 3.8) is 0 Å². The average molecular weight is 365 g/mol. The molecule has 1 N–H and O–H groups in total. The van der Waals surface area contributed by atoms with E-state index in [1.54, 1.807) is 12.1 Å². The zero-order valence-electron chi connectivity index (χ0n) is 15.7. The Hall–Kier alpha value is -2.62. The molecule has 2 aromatic rings. The number of esters is 1. The number of allylic oxidation sites excluding steroid dienone is 2. The maximum Gasteiger partial charge on any atom is 0.337 e. The lowest BCUT2D eigenvalue weighted by Gasteiger charge is -2.42. The number of hydrogen-bond donors (Lipinski definition) is 1. The Balaban J connectivity index is 1.75. The average Bonchev–Trinajstić information content (AvgIpc) is 2.72. The number of rotatable bonds is 3. The summed E-state index contributed by atoms with van der Waals surface area (Å²) >= 11 is 0. The van der Waals surface area contributed by atoms with E-state index < -0.39 is 5.97 Å². The second-order valence-electron chi connectivity index (χ2n) is 7.32. The molecule has 0 spiro atoms. The predicted molar refractivity (Wildman–Crippen MR) is 105 cm³/mol. The molecule has 0 radical (unpaired) electrons. The highest BCUT2D eigenvalue weighted by Gasteiger charge is 2.38. The minimum Gasteiger partial charge on any atom is -0.465 e. The molecule has 4 heteroatoms. The van der Waals surface area contributed by atoms with Crippen LogP contribution in [0.2, 0.25) is 0 Å². The highest BCUT2D eigenvalue weighted by atomic mass is 19.1. The number of anilines is 1. The van der Waals surface area contributed by atoms with Gasteiger partial charge in [0, 0.05) is 17.2 Å². The Bertz CT molecular complexity index is 905. The maximum atomic E-state index is 14.9. The molecule has 1 aliphatic heterocycles. The van der Waals surface area contributed by atoms with Crippen LogP contribution < -0.4 is 5.32 Å². The van der Waals surface area contributed by atoms with Gasteiger partial charge in [0.2, 0.25) is 0 Å². The van der Waals surface area contributed by atoms with Crippen molar-refractivity contribution in [3.8, 4) is 0 Å². The van der Waals surface area contributed by atoms with Crippen molar-refractivity contribution in [1.82, 2.24) is 0 Å². The summed E-state index contributed by atoms with van der Waals surface area (Å²) in [6, 6.07) is 11.1. The minimum atomic E-state index is -0.520. The van der Waals surface area contributed by atoms with Crippen molar-refractivity contribution >= 4 is 11.7 Å². The number of nitrogens with one attached hydrogen (secondary N) is 1. The highest BCUT2D eigenvalue weighted by Crippen LogP contribution is 2.49. The van der Waals surface area contributed by atoms with Gasteiger partial charge in [0.05, 0.1) is 18.7 Å². The molecule has 3 atom stereocenters. The van der Waals surface area contributed by atoms with Crippen LogP contribution >= 0.6 is 0 Å².